The summed E-state index contributed by atoms with van der Waals surface area (Å²) < 4.78 is 0. The van der Waals surface area contributed by atoms with Gasteiger partial charge in [-0.25, -0.2) is 0 Å². The zero-order valence-electron chi connectivity index (χ0n) is 11.2. The predicted molar refractivity (Wildman–Crippen MR) is 74.2 cm³/mol. The first-order valence-corrected chi connectivity index (χ1v) is 7.03. The van der Waals surface area contributed by atoms with Gasteiger partial charge >= 0.3 is 0 Å². The van der Waals surface area contributed by atoms with Crippen LogP contribution in [-0.4, -0.2) is 13.1 Å². The second-order valence-electron chi connectivity index (χ2n) is 5.69. The van der Waals surface area contributed by atoms with Crippen LogP contribution in [0.5, 0.6) is 0 Å². The van der Waals surface area contributed by atoms with Gasteiger partial charge in [0.25, 0.3) is 0 Å². The maximum atomic E-state index is 3.46. The Morgan fingerprint density at radius 2 is 1.76 bits per heavy atom. The minimum atomic E-state index is 0.735. The van der Waals surface area contributed by atoms with Crippen LogP contribution in [0.15, 0.2) is 30.3 Å². The van der Waals surface area contributed by atoms with E-state index >= 15 is 0 Å². The van der Waals surface area contributed by atoms with E-state index in [0.717, 1.165) is 17.8 Å². The van der Waals surface area contributed by atoms with Crippen LogP contribution < -0.4 is 5.32 Å². The third kappa shape index (κ3) is 3.57. The summed E-state index contributed by atoms with van der Waals surface area (Å²) in [5, 5.41) is 3.46. The van der Waals surface area contributed by atoms with Gasteiger partial charge in [-0.1, -0.05) is 44.2 Å². The highest BCUT2D eigenvalue weighted by atomic mass is 14.9. The Kier molecular flexibility index (Phi) is 4.61. The van der Waals surface area contributed by atoms with E-state index in [1.54, 1.807) is 0 Å². The number of rotatable bonds is 4. The summed E-state index contributed by atoms with van der Waals surface area (Å²) >= 11 is 0. The number of nitrogens with one attached hydrogen (secondary N) is 1. The molecule has 0 bridgehead atoms. The molecule has 0 spiro atoms. The highest BCUT2D eigenvalue weighted by Gasteiger charge is 2.22. The third-order valence-corrected chi connectivity index (χ3v) is 4.08. The summed E-state index contributed by atoms with van der Waals surface area (Å²) in [4.78, 5) is 0. The fraction of sp³-hybridized carbons (Fsp3) is 0.625. The molecule has 0 aliphatic carbocycles. The number of benzene rings is 1. The summed E-state index contributed by atoms with van der Waals surface area (Å²) in [5.74, 6) is 2.40. The highest BCUT2D eigenvalue weighted by Crippen LogP contribution is 2.33. The molecule has 1 heteroatoms. The quantitative estimate of drug-likeness (QED) is 0.830. The predicted octanol–water partition coefficient (Wildman–Crippen LogP) is 3.82. The monoisotopic (exact) mass is 231 g/mol. The Balaban J connectivity index is 2.02. The minimum Gasteiger partial charge on any atom is -0.317 e. The fourth-order valence-electron chi connectivity index (χ4n) is 2.97. The first-order valence-electron chi connectivity index (χ1n) is 7.03. The van der Waals surface area contributed by atoms with Crippen LogP contribution in [0.4, 0.5) is 0 Å². The van der Waals surface area contributed by atoms with E-state index in [4.69, 9.17) is 0 Å². The third-order valence-electron chi connectivity index (χ3n) is 4.08. The van der Waals surface area contributed by atoms with Gasteiger partial charge in [-0.3, -0.25) is 0 Å². The molecular formula is C16H25N. The Morgan fingerprint density at radius 3 is 2.35 bits per heavy atom. The van der Waals surface area contributed by atoms with Gasteiger partial charge in [0.1, 0.15) is 0 Å². The number of hydrogen-bond acceptors (Lipinski definition) is 1. The van der Waals surface area contributed by atoms with Crippen LogP contribution in [-0.2, 0) is 0 Å². The molecule has 1 nitrogen and oxygen atoms in total. The van der Waals surface area contributed by atoms with Crippen molar-refractivity contribution < 1.29 is 0 Å². The summed E-state index contributed by atoms with van der Waals surface area (Å²) in [5.41, 5.74) is 1.53. The lowest BCUT2D eigenvalue weighted by Gasteiger charge is -2.29. The molecule has 1 aliphatic heterocycles. The second-order valence-corrected chi connectivity index (χ2v) is 5.69. The largest absolute Gasteiger partial charge is 0.317 e. The fourth-order valence-corrected chi connectivity index (χ4v) is 2.97. The summed E-state index contributed by atoms with van der Waals surface area (Å²) in [6.45, 7) is 7.14. The lowest BCUT2D eigenvalue weighted by atomic mass is 9.79. The molecule has 2 rings (SSSR count). The average Bonchev–Trinajstić information content (AvgIpc) is 2.38. The van der Waals surface area contributed by atoms with E-state index in [2.05, 4.69) is 49.5 Å². The average molecular weight is 231 g/mol. The van der Waals surface area contributed by atoms with Gasteiger partial charge < -0.3 is 5.32 Å². The molecule has 1 unspecified atom stereocenters. The van der Waals surface area contributed by atoms with Crippen molar-refractivity contribution in [2.75, 3.05) is 13.1 Å². The Bertz CT molecular complexity index is 312. The van der Waals surface area contributed by atoms with E-state index < -0.39 is 0 Å². The smallest absolute Gasteiger partial charge is 0.00463 e. The van der Waals surface area contributed by atoms with Gasteiger partial charge in [-0.15, -0.1) is 0 Å². The van der Waals surface area contributed by atoms with Crippen molar-refractivity contribution in [1.29, 1.82) is 0 Å². The van der Waals surface area contributed by atoms with Crippen LogP contribution in [0.25, 0.3) is 0 Å². The molecule has 1 N–H and O–H groups in total. The number of hydrogen-bond donors (Lipinski definition) is 1. The van der Waals surface area contributed by atoms with Gasteiger partial charge in [0, 0.05) is 0 Å². The SMILES string of the molecule is CC(C)C(CC1CCNCC1)c1ccccc1. The van der Waals surface area contributed by atoms with Crippen molar-refractivity contribution in [3.05, 3.63) is 35.9 Å². The highest BCUT2D eigenvalue weighted by molar-refractivity contribution is 5.20. The van der Waals surface area contributed by atoms with Crippen LogP contribution in [0, 0.1) is 11.8 Å². The zero-order valence-corrected chi connectivity index (χ0v) is 11.2. The molecule has 0 aromatic heterocycles. The molecule has 1 atom stereocenters. The molecule has 1 saturated heterocycles. The summed E-state index contributed by atoms with van der Waals surface area (Å²) in [6.07, 6.45) is 4.08. The van der Waals surface area contributed by atoms with Crippen LogP contribution >= 0.6 is 0 Å². The Morgan fingerprint density at radius 1 is 1.12 bits per heavy atom. The molecule has 17 heavy (non-hydrogen) atoms. The molecule has 0 saturated carbocycles. The molecule has 0 radical (unpaired) electrons. The summed E-state index contributed by atoms with van der Waals surface area (Å²) in [7, 11) is 0. The van der Waals surface area contributed by atoms with Gasteiger partial charge in [0.15, 0.2) is 0 Å². The van der Waals surface area contributed by atoms with Crippen molar-refractivity contribution in [2.45, 2.75) is 39.0 Å². The van der Waals surface area contributed by atoms with Crippen LogP contribution in [0.3, 0.4) is 0 Å². The Hall–Kier alpha value is -0.820. The second kappa shape index (κ2) is 6.20. The molecule has 1 aliphatic rings. The van der Waals surface area contributed by atoms with Gasteiger partial charge in [-0.05, 0) is 55.7 Å². The van der Waals surface area contributed by atoms with Crippen molar-refractivity contribution in [1.82, 2.24) is 5.32 Å². The van der Waals surface area contributed by atoms with E-state index in [-0.39, 0.29) is 0 Å². The first-order chi connectivity index (χ1) is 8.27. The van der Waals surface area contributed by atoms with Crippen molar-refractivity contribution in [3.63, 3.8) is 0 Å². The molecule has 1 aromatic carbocycles. The summed E-state index contributed by atoms with van der Waals surface area (Å²) in [6, 6.07) is 11.1. The van der Waals surface area contributed by atoms with E-state index in [1.165, 1.54) is 37.9 Å². The van der Waals surface area contributed by atoms with E-state index in [0.29, 0.717) is 0 Å². The zero-order chi connectivity index (χ0) is 12.1. The lowest BCUT2D eigenvalue weighted by molar-refractivity contribution is 0.303. The molecule has 1 fully saturated rings. The van der Waals surface area contributed by atoms with Gasteiger partial charge in [0.2, 0.25) is 0 Å². The Labute approximate surface area is 106 Å². The molecule has 1 aromatic rings. The van der Waals surface area contributed by atoms with Crippen molar-refractivity contribution in [3.8, 4) is 0 Å². The molecule has 0 amide bonds. The van der Waals surface area contributed by atoms with Gasteiger partial charge in [0.05, 0.1) is 0 Å². The maximum Gasteiger partial charge on any atom is -0.00463 e. The lowest BCUT2D eigenvalue weighted by Crippen LogP contribution is -2.29. The molecule has 1 heterocycles. The maximum absolute atomic E-state index is 3.46. The van der Waals surface area contributed by atoms with Gasteiger partial charge in [-0.2, -0.15) is 0 Å². The standard InChI is InChI=1S/C16H25N/c1-13(2)16(15-6-4-3-5-7-15)12-14-8-10-17-11-9-14/h3-7,13-14,16-17H,8-12H2,1-2H3. The number of piperidine rings is 1. The minimum absolute atomic E-state index is 0.735. The topological polar surface area (TPSA) is 12.0 Å². The van der Waals surface area contributed by atoms with Crippen molar-refractivity contribution in [2.24, 2.45) is 11.8 Å². The van der Waals surface area contributed by atoms with E-state index in [9.17, 15) is 0 Å². The first kappa shape index (κ1) is 12.6. The van der Waals surface area contributed by atoms with Crippen LogP contribution in [0.1, 0.15) is 44.6 Å². The van der Waals surface area contributed by atoms with E-state index in [1.807, 2.05) is 0 Å². The van der Waals surface area contributed by atoms with Crippen LogP contribution in [0.2, 0.25) is 0 Å². The van der Waals surface area contributed by atoms with Crippen molar-refractivity contribution >= 4 is 0 Å². The normalized spacial score (nSPS) is 19.5. The molecular weight excluding hydrogens is 206 g/mol. The molecule has 94 valence electrons.